The number of hydrogen-bond donors (Lipinski definition) is 0. The predicted octanol–water partition coefficient (Wildman–Crippen LogP) is 6.01. The number of ketones is 1. The Morgan fingerprint density at radius 1 is 1.22 bits per heavy atom. The van der Waals surface area contributed by atoms with Gasteiger partial charge < -0.3 is 4.74 Å². The van der Waals surface area contributed by atoms with E-state index < -0.39 is 0 Å². The van der Waals surface area contributed by atoms with Crippen molar-refractivity contribution >= 4 is 23.5 Å². The first-order valence-electron chi connectivity index (χ1n) is 10.6. The fourth-order valence-corrected chi connectivity index (χ4v) is 5.58. The fraction of sp³-hybridized carbons (Fsp3) is 0.652. The van der Waals surface area contributed by atoms with Crippen LogP contribution in [-0.2, 0) is 9.53 Å². The van der Waals surface area contributed by atoms with Crippen LogP contribution < -0.4 is 0 Å². The molecule has 0 radical (unpaired) electrons. The van der Waals surface area contributed by atoms with Gasteiger partial charge in [-0.2, -0.15) is 0 Å². The number of carbonyl (C=O) groups excluding carboxylic acids is 2. The number of carbonyl (C=O) groups is 2. The van der Waals surface area contributed by atoms with Crippen LogP contribution in [0, 0.1) is 11.8 Å². The van der Waals surface area contributed by atoms with Crippen molar-refractivity contribution in [3.63, 3.8) is 0 Å². The second-order valence-corrected chi connectivity index (χ2v) is 9.09. The molecule has 3 atom stereocenters. The number of ether oxygens (including phenoxy) is 1. The van der Waals surface area contributed by atoms with Crippen molar-refractivity contribution in [2.75, 3.05) is 12.4 Å². The third kappa shape index (κ3) is 4.96. The van der Waals surface area contributed by atoms with Gasteiger partial charge in [-0.15, -0.1) is 11.8 Å². The lowest BCUT2D eigenvalue weighted by molar-refractivity contribution is -0.145. The summed E-state index contributed by atoms with van der Waals surface area (Å²) < 4.78 is 5.46. The van der Waals surface area contributed by atoms with Gasteiger partial charge in [0.2, 0.25) is 0 Å². The van der Waals surface area contributed by atoms with Gasteiger partial charge in [-0.05, 0) is 49.8 Å². The lowest BCUT2D eigenvalue weighted by atomic mass is 9.76. The molecule has 0 bridgehead atoms. The number of unbranched alkanes of at least 4 members (excludes halogenated alkanes) is 3. The van der Waals surface area contributed by atoms with Crippen molar-refractivity contribution in [2.45, 2.75) is 76.0 Å². The second kappa shape index (κ2) is 9.77. The third-order valence-electron chi connectivity index (χ3n) is 6.07. The lowest BCUT2D eigenvalue weighted by Gasteiger charge is -2.28. The summed E-state index contributed by atoms with van der Waals surface area (Å²) >= 11 is 1.80. The van der Waals surface area contributed by atoms with E-state index in [0.717, 1.165) is 41.0 Å². The maximum atomic E-state index is 13.0. The molecule has 27 heavy (non-hydrogen) atoms. The zero-order valence-corrected chi connectivity index (χ0v) is 17.5. The summed E-state index contributed by atoms with van der Waals surface area (Å²) in [4.78, 5) is 26.4. The molecule has 0 saturated heterocycles. The van der Waals surface area contributed by atoms with E-state index in [1.54, 1.807) is 11.8 Å². The Labute approximate surface area is 167 Å². The normalized spacial score (nSPS) is 23.1. The zero-order valence-electron chi connectivity index (χ0n) is 16.7. The monoisotopic (exact) mass is 388 g/mol. The number of Topliss-reactive ketones (excluding diaryl/α,β-unsaturated/α-hetero) is 1. The van der Waals surface area contributed by atoms with Gasteiger partial charge in [-0.25, -0.2) is 0 Å². The van der Waals surface area contributed by atoms with Crippen LogP contribution in [0.5, 0.6) is 0 Å². The zero-order chi connectivity index (χ0) is 19.2. The third-order valence-corrected chi connectivity index (χ3v) is 7.31. The van der Waals surface area contributed by atoms with Crippen LogP contribution in [0.2, 0.25) is 0 Å². The van der Waals surface area contributed by atoms with Crippen LogP contribution in [0.1, 0.15) is 87.1 Å². The van der Waals surface area contributed by atoms with E-state index in [1.807, 2.05) is 19.1 Å². The predicted molar refractivity (Wildman–Crippen MR) is 110 cm³/mol. The average molecular weight is 389 g/mol. The summed E-state index contributed by atoms with van der Waals surface area (Å²) in [6, 6.07) is 5.95. The Hall–Kier alpha value is -1.29. The van der Waals surface area contributed by atoms with Crippen molar-refractivity contribution in [3.8, 4) is 0 Å². The van der Waals surface area contributed by atoms with Crippen LogP contribution in [-0.4, -0.2) is 24.1 Å². The first kappa shape index (κ1) is 20.4. The Morgan fingerprint density at radius 2 is 2.04 bits per heavy atom. The molecule has 3 unspecified atom stereocenters. The van der Waals surface area contributed by atoms with Crippen LogP contribution in [0.4, 0.5) is 0 Å². The Balaban J connectivity index is 1.66. The lowest BCUT2D eigenvalue weighted by Crippen LogP contribution is -2.27. The molecule has 1 fully saturated rings. The quantitative estimate of drug-likeness (QED) is 0.424. The van der Waals surface area contributed by atoms with E-state index >= 15 is 0 Å². The van der Waals surface area contributed by atoms with E-state index in [-0.39, 0.29) is 17.8 Å². The molecule has 1 saturated carbocycles. The van der Waals surface area contributed by atoms with Gasteiger partial charge in [-0.1, -0.05) is 45.1 Å². The molecule has 0 spiro atoms. The molecule has 1 aromatic carbocycles. The number of thioether (sulfide) groups is 1. The Morgan fingerprint density at radius 3 is 2.85 bits per heavy atom. The highest BCUT2D eigenvalue weighted by molar-refractivity contribution is 7.99. The topological polar surface area (TPSA) is 43.4 Å². The van der Waals surface area contributed by atoms with Crippen molar-refractivity contribution in [1.82, 2.24) is 0 Å². The highest BCUT2D eigenvalue weighted by Gasteiger charge is 2.35. The standard InChI is InChI=1S/C23H32O3S/c1-3-4-5-8-13-26-23(25)16(2)17-11-12-20-21(14-17)27-15-18-9-6-7-10-19(18)22(20)24/h11-12,14,16,18-19H,3-10,13,15H2,1-2H3. The van der Waals surface area contributed by atoms with Crippen molar-refractivity contribution in [3.05, 3.63) is 29.3 Å². The molecule has 3 rings (SSSR count). The molecule has 1 aliphatic carbocycles. The van der Waals surface area contributed by atoms with Crippen LogP contribution in [0.25, 0.3) is 0 Å². The minimum absolute atomic E-state index is 0.162. The average Bonchev–Trinajstić information content (AvgIpc) is 2.84. The van der Waals surface area contributed by atoms with Crippen LogP contribution in [0.15, 0.2) is 23.1 Å². The smallest absolute Gasteiger partial charge is 0.313 e. The van der Waals surface area contributed by atoms with Gasteiger partial charge in [0, 0.05) is 22.1 Å². The number of benzene rings is 1. The maximum absolute atomic E-state index is 13.0. The molecule has 3 nitrogen and oxygen atoms in total. The molecule has 1 aliphatic heterocycles. The number of rotatable bonds is 7. The highest BCUT2D eigenvalue weighted by atomic mass is 32.2. The Bertz CT molecular complexity index is 670. The summed E-state index contributed by atoms with van der Waals surface area (Å²) in [5, 5.41) is 0. The van der Waals surface area contributed by atoms with Crippen molar-refractivity contribution in [1.29, 1.82) is 0 Å². The molecule has 0 N–H and O–H groups in total. The minimum Gasteiger partial charge on any atom is -0.465 e. The van der Waals surface area contributed by atoms with Gasteiger partial charge in [0.05, 0.1) is 12.5 Å². The summed E-state index contributed by atoms with van der Waals surface area (Å²) in [5.41, 5.74) is 1.82. The van der Waals surface area contributed by atoms with Gasteiger partial charge in [0.15, 0.2) is 5.78 Å². The molecule has 1 aromatic rings. The Kier molecular flexibility index (Phi) is 7.40. The SMILES string of the molecule is CCCCCCOC(=O)C(C)c1ccc2c(c1)SCC1CCCCC1C2=O. The maximum Gasteiger partial charge on any atom is 0.313 e. The molecular weight excluding hydrogens is 356 g/mol. The second-order valence-electron chi connectivity index (χ2n) is 8.03. The molecule has 4 heteroatoms. The molecular formula is C23H32O3S. The number of fused-ring (bicyclic) bond motifs is 2. The number of hydrogen-bond acceptors (Lipinski definition) is 4. The number of esters is 1. The largest absolute Gasteiger partial charge is 0.465 e. The van der Waals surface area contributed by atoms with Gasteiger partial charge in [0.1, 0.15) is 0 Å². The molecule has 148 valence electrons. The van der Waals surface area contributed by atoms with Crippen molar-refractivity contribution < 1.29 is 14.3 Å². The summed E-state index contributed by atoms with van der Waals surface area (Å²) in [5.74, 6) is 1.59. The highest BCUT2D eigenvalue weighted by Crippen LogP contribution is 2.42. The van der Waals surface area contributed by atoms with Gasteiger partial charge >= 0.3 is 5.97 Å². The van der Waals surface area contributed by atoms with Crippen LogP contribution in [0.3, 0.4) is 0 Å². The van der Waals surface area contributed by atoms with Gasteiger partial charge in [0.25, 0.3) is 0 Å². The fourth-order valence-electron chi connectivity index (χ4n) is 4.24. The molecule has 0 aromatic heterocycles. The van der Waals surface area contributed by atoms with Crippen LogP contribution >= 0.6 is 11.8 Å². The first-order valence-corrected chi connectivity index (χ1v) is 11.6. The summed E-state index contributed by atoms with van der Waals surface area (Å²) in [6.07, 6.45) is 9.03. The molecule has 1 heterocycles. The van der Waals surface area contributed by atoms with Gasteiger partial charge in [-0.3, -0.25) is 9.59 Å². The summed E-state index contributed by atoms with van der Waals surface area (Å²) in [7, 11) is 0. The molecule has 2 aliphatic rings. The van der Waals surface area contributed by atoms with E-state index in [0.29, 0.717) is 18.3 Å². The molecule has 0 amide bonds. The van der Waals surface area contributed by atoms with E-state index in [1.165, 1.54) is 32.1 Å². The minimum atomic E-state index is -0.289. The van der Waals surface area contributed by atoms with E-state index in [2.05, 4.69) is 13.0 Å². The first-order chi connectivity index (χ1) is 13.1. The van der Waals surface area contributed by atoms with E-state index in [9.17, 15) is 9.59 Å². The van der Waals surface area contributed by atoms with Crippen molar-refractivity contribution in [2.24, 2.45) is 11.8 Å². The summed E-state index contributed by atoms with van der Waals surface area (Å²) in [6.45, 7) is 4.58. The van der Waals surface area contributed by atoms with E-state index in [4.69, 9.17) is 4.74 Å².